The van der Waals surface area contributed by atoms with Gasteiger partial charge in [-0.15, -0.1) is 0 Å². The largest absolute Gasteiger partial charge is 0.465 e. The molecule has 2 aromatic carbocycles. The Bertz CT molecular complexity index is 630. The van der Waals surface area contributed by atoms with Crippen molar-refractivity contribution in [2.75, 3.05) is 7.11 Å². The molecule has 0 spiro atoms. The summed E-state index contributed by atoms with van der Waals surface area (Å²) in [7, 11) is 1.35. The van der Waals surface area contributed by atoms with Crippen LogP contribution in [0.1, 0.15) is 26.3 Å². The molecule has 0 fully saturated rings. The van der Waals surface area contributed by atoms with Crippen molar-refractivity contribution in [2.24, 2.45) is 0 Å². The van der Waals surface area contributed by atoms with Crippen LogP contribution >= 0.6 is 0 Å². The van der Waals surface area contributed by atoms with Crippen molar-refractivity contribution in [1.82, 2.24) is 0 Å². The van der Waals surface area contributed by atoms with Gasteiger partial charge >= 0.3 is 5.97 Å². The van der Waals surface area contributed by atoms with Crippen LogP contribution in [0.5, 0.6) is 0 Å². The number of aryl methyl sites for hydroxylation is 1. The summed E-state index contributed by atoms with van der Waals surface area (Å²) in [5, 5.41) is 0. The number of hydrogen-bond donors (Lipinski definition) is 0. The van der Waals surface area contributed by atoms with Gasteiger partial charge in [-0.2, -0.15) is 0 Å². The summed E-state index contributed by atoms with van der Waals surface area (Å²) in [4.78, 5) is 22.6. The standard InChI is InChI=1S/C16H14O3/c1-11-6-7-14(10-17)15(8-11)12-4-3-5-13(9-12)16(18)19-2/h3-10H,1-2H3. The van der Waals surface area contributed by atoms with E-state index in [2.05, 4.69) is 0 Å². The molecule has 0 bridgehead atoms. The lowest BCUT2D eigenvalue weighted by molar-refractivity contribution is 0.0600. The predicted molar refractivity (Wildman–Crippen MR) is 73.3 cm³/mol. The van der Waals surface area contributed by atoms with E-state index >= 15 is 0 Å². The smallest absolute Gasteiger partial charge is 0.337 e. The van der Waals surface area contributed by atoms with Gasteiger partial charge in [0.2, 0.25) is 0 Å². The van der Waals surface area contributed by atoms with E-state index < -0.39 is 0 Å². The number of ether oxygens (including phenoxy) is 1. The van der Waals surface area contributed by atoms with E-state index in [4.69, 9.17) is 4.74 Å². The van der Waals surface area contributed by atoms with Crippen molar-refractivity contribution < 1.29 is 14.3 Å². The van der Waals surface area contributed by atoms with E-state index in [1.807, 2.05) is 25.1 Å². The topological polar surface area (TPSA) is 43.4 Å². The highest BCUT2D eigenvalue weighted by Crippen LogP contribution is 2.25. The molecule has 0 radical (unpaired) electrons. The molecule has 0 amide bonds. The Morgan fingerprint density at radius 2 is 1.95 bits per heavy atom. The summed E-state index contributed by atoms with van der Waals surface area (Å²) in [6.45, 7) is 1.96. The zero-order valence-electron chi connectivity index (χ0n) is 10.8. The van der Waals surface area contributed by atoms with E-state index in [0.29, 0.717) is 11.1 Å². The fourth-order valence-corrected chi connectivity index (χ4v) is 1.95. The van der Waals surface area contributed by atoms with Gasteiger partial charge in [-0.3, -0.25) is 4.79 Å². The summed E-state index contributed by atoms with van der Waals surface area (Å²) in [5.41, 5.74) is 3.78. The first kappa shape index (κ1) is 13.0. The third-order valence-electron chi connectivity index (χ3n) is 2.93. The molecule has 0 N–H and O–H groups in total. The monoisotopic (exact) mass is 254 g/mol. The van der Waals surface area contributed by atoms with Gasteiger partial charge in [0, 0.05) is 5.56 Å². The highest BCUT2D eigenvalue weighted by Gasteiger charge is 2.09. The average molecular weight is 254 g/mol. The first-order valence-electron chi connectivity index (χ1n) is 5.90. The minimum atomic E-state index is -0.387. The maximum atomic E-state index is 11.5. The number of hydrogen-bond acceptors (Lipinski definition) is 3. The Balaban J connectivity index is 2.55. The Hall–Kier alpha value is -2.42. The van der Waals surface area contributed by atoms with Crippen LogP contribution in [-0.4, -0.2) is 19.4 Å². The molecule has 2 rings (SSSR count). The normalized spacial score (nSPS) is 10.0. The molecule has 0 atom stereocenters. The Morgan fingerprint density at radius 1 is 1.16 bits per heavy atom. The number of rotatable bonds is 3. The summed E-state index contributed by atoms with van der Waals surface area (Å²) in [5.74, 6) is -0.387. The zero-order valence-corrected chi connectivity index (χ0v) is 10.8. The number of benzene rings is 2. The predicted octanol–water partition coefficient (Wildman–Crippen LogP) is 3.26. The molecular formula is C16H14O3. The van der Waals surface area contributed by atoms with Crippen LogP contribution in [-0.2, 0) is 4.74 Å². The summed E-state index contributed by atoms with van der Waals surface area (Å²) in [6.07, 6.45) is 0.819. The molecular weight excluding hydrogens is 240 g/mol. The SMILES string of the molecule is COC(=O)c1cccc(-c2cc(C)ccc2C=O)c1. The Morgan fingerprint density at radius 3 is 2.63 bits per heavy atom. The zero-order chi connectivity index (χ0) is 13.8. The van der Waals surface area contributed by atoms with Gasteiger partial charge in [-0.25, -0.2) is 4.79 Å². The lowest BCUT2D eigenvalue weighted by Crippen LogP contribution is -2.01. The molecule has 19 heavy (non-hydrogen) atoms. The molecule has 0 aliphatic heterocycles. The van der Waals surface area contributed by atoms with Crippen molar-refractivity contribution in [3.63, 3.8) is 0 Å². The van der Waals surface area contributed by atoms with E-state index in [0.717, 1.165) is 23.0 Å². The number of carbonyl (C=O) groups excluding carboxylic acids is 2. The minimum absolute atomic E-state index is 0.387. The first-order valence-corrected chi connectivity index (χ1v) is 5.90. The fraction of sp³-hybridized carbons (Fsp3) is 0.125. The summed E-state index contributed by atoms with van der Waals surface area (Å²) >= 11 is 0. The minimum Gasteiger partial charge on any atom is -0.465 e. The van der Waals surface area contributed by atoms with Gasteiger partial charge in [-0.05, 0) is 30.2 Å². The van der Waals surface area contributed by atoms with E-state index in [9.17, 15) is 9.59 Å². The Kier molecular flexibility index (Phi) is 3.76. The van der Waals surface area contributed by atoms with E-state index in [1.165, 1.54) is 7.11 Å². The maximum Gasteiger partial charge on any atom is 0.337 e. The number of aldehydes is 1. The van der Waals surface area contributed by atoms with Gasteiger partial charge in [-0.1, -0.05) is 35.9 Å². The fourth-order valence-electron chi connectivity index (χ4n) is 1.95. The third kappa shape index (κ3) is 2.71. The van der Waals surface area contributed by atoms with Gasteiger partial charge in [0.1, 0.15) is 0 Å². The highest BCUT2D eigenvalue weighted by atomic mass is 16.5. The van der Waals surface area contributed by atoms with Crippen LogP contribution in [0.4, 0.5) is 0 Å². The van der Waals surface area contributed by atoms with Crippen LogP contribution in [0.15, 0.2) is 42.5 Å². The van der Waals surface area contributed by atoms with Crippen molar-refractivity contribution in [2.45, 2.75) is 6.92 Å². The second-order valence-electron chi connectivity index (χ2n) is 4.28. The third-order valence-corrected chi connectivity index (χ3v) is 2.93. The van der Waals surface area contributed by atoms with Gasteiger partial charge in [0.05, 0.1) is 12.7 Å². The second-order valence-corrected chi connectivity index (χ2v) is 4.28. The maximum absolute atomic E-state index is 11.5. The first-order chi connectivity index (χ1) is 9.15. The molecule has 0 saturated heterocycles. The molecule has 3 nitrogen and oxygen atoms in total. The molecule has 96 valence electrons. The lowest BCUT2D eigenvalue weighted by Gasteiger charge is -2.08. The molecule has 0 aromatic heterocycles. The molecule has 0 aliphatic carbocycles. The van der Waals surface area contributed by atoms with Gasteiger partial charge < -0.3 is 4.74 Å². The van der Waals surface area contributed by atoms with Crippen LogP contribution in [0.25, 0.3) is 11.1 Å². The van der Waals surface area contributed by atoms with Crippen molar-refractivity contribution in [3.8, 4) is 11.1 Å². The van der Waals surface area contributed by atoms with Crippen LogP contribution in [0.3, 0.4) is 0 Å². The molecule has 0 saturated carbocycles. The number of carbonyl (C=O) groups is 2. The number of methoxy groups -OCH3 is 1. The second kappa shape index (κ2) is 5.48. The van der Waals surface area contributed by atoms with E-state index in [1.54, 1.807) is 24.3 Å². The van der Waals surface area contributed by atoms with E-state index in [-0.39, 0.29) is 5.97 Å². The Labute approximate surface area is 111 Å². The molecule has 0 aliphatic rings. The lowest BCUT2D eigenvalue weighted by atomic mass is 9.97. The average Bonchev–Trinajstić information content (AvgIpc) is 2.46. The summed E-state index contributed by atoms with van der Waals surface area (Å²) < 4.78 is 4.70. The van der Waals surface area contributed by atoms with Crippen molar-refractivity contribution in [1.29, 1.82) is 0 Å². The van der Waals surface area contributed by atoms with Crippen LogP contribution in [0.2, 0.25) is 0 Å². The summed E-state index contributed by atoms with van der Waals surface area (Å²) in [6, 6.07) is 12.7. The molecule has 3 heteroatoms. The highest BCUT2D eigenvalue weighted by molar-refractivity contribution is 5.93. The van der Waals surface area contributed by atoms with Gasteiger partial charge in [0.15, 0.2) is 6.29 Å². The van der Waals surface area contributed by atoms with Crippen LogP contribution < -0.4 is 0 Å². The number of esters is 1. The molecule has 0 heterocycles. The molecule has 2 aromatic rings. The quantitative estimate of drug-likeness (QED) is 0.623. The van der Waals surface area contributed by atoms with Crippen molar-refractivity contribution in [3.05, 3.63) is 59.2 Å². The van der Waals surface area contributed by atoms with Crippen LogP contribution in [0, 0.1) is 6.92 Å². The van der Waals surface area contributed by atoms with Gasteiger partial charge in [0.25, 0.3) is 0 Å². The molecule has 0 unspecified atom stereocenters. The van der Waals surface area contributed by atoms with Crippen molar-refractivity contribution >= 4 is 12.3 Å².